The average Bonchev–Trinajstić information content (AvgIpc) is 3.10. The minimum Gasteiger partial charge on any atom is -0.356 e. The maximum Gasteiger partial charge on any atom is 0.332 e. The molecule has 1 amide bonds. The van der Waals surface area contributed by atoms with Crippen LogP contribution in [0.2, 0.25) is 0 Å². The molecule has 0 aromatic carbocycles. The Labute approximate surface area is 157 Å². The van der Waals surface area contributed by atoms with Crippen molar-refractivity contribution in [1.82, 2.24) is 15.0 Å². The first-order valence-corrected chi connectivity index (χ1v) is 10.1. The van der Waals surface area contributed by atoms with Crippen molar-refractivity contribution in [2.24, 2.45) is 5.92 Å². The lowest BCUT2D eigenvalue weighted by molar-refractivity contribution is -0.144. The van der Waals surface area contributed by atoms with E-state index < -0.39 is 0 Å². The second kappa shape index (κ2) is 14.3. The number of imidazole rings is 1. The number of carbonyl (C=O) groups excluding carboxylic acids is 2. The Hall–Kier alpha value is -1.85. The van der Waals surface area contributed by atoms with Gasteiger partial charge in [-0.05, 0) is 18.8 Å². The molecule has 0 saturated heterocycles. The smallest absolute Gasteiger partial charge is 0.332 e. The summed E-state index contributed by atoms with van der Waals surface area (Å²) in [5.41, 5.74) is 0. The Kier molecular flexibility index (Phi) is 12.2. The molecule has 1 aromatic heterocycles. The Morgan fingerprint density at radius 2 is 1.81 bits per heavy atom. The zero-order valence-corrected chi connectivity index (χ0v) is 16.4. The van der Waals surface area contributed by atoms with E-state index in [0.717, 1.165) is 32.2 Å². The second-order valence-electron chi connectivity index (χ2n) is 6.97. The summed E-state index contributed by atoms with van der Waals surface area (Å²) in [7, 11) is 0. The van der Waals surface area contributed by atoms with Crippen molar-refractivity contribution in [3.8, 4) is 0 Å². The zero-order chi connectivity index (χ0) is 19.0. The highest BCUT2D eigenvalue weighted by molar-refractivity contribution is 5.72. The van der Waals surface area contributed by atoms with Gasteiger partial charge in [-0.2, -0.15) is 4.73 Å². The number of rotatable bonds is 15. The molecule has 26 heavy (non-hydrogen) atoms. The molecule has 148 valence electrons. The summed E-state index contributed by atoms with van der Waals surface area (Å²) < 4.78 is 1.33. The summed E-state index contributed by atoms with van der Waals surface area (Å²) >= 11 is 0. The average molecular weight is 366 g/mol. The topological polar surface area (TPSA) is 73.2 Å². The fraction of sp³-hybridized carbons (Fsp3) is 0.750. The first-order valence-electron chi connectivity index (χ1n) is 10.1. The van der Waals surface area contributed by atoms with E-state index in [-0.39, 0.29) is 11.9 Å². The number of hydrogen-bond acceptors (Lipinski definition) is 4. The molecule has 0 fully saturated rings. The molecule has 0 saturated carbocycles. The lowest BCUT2D eigenvalue weighted by Crippen LogP contribution is -2.23. The summed E-state index contributed by atoms with van der Waals surface area (Å²) in [6.07, 6.45) is 16.7. The molecule has 1 atom stereocenters. The summed E-state index contributed by atoms with van der Waals surface area (Å²) in [5, 5.41) is 2.90. The normalized spacial score (nSPS) is 11.9. The maximum absolute atomic E-state index is 11.8. The van der Waals surface area contributed by atoms with Crippen molar-refractivity contribution in [2.45, 2.75) is 84.5 Å². The number of aromatic nitrogens is 2. The minimum absolute atomic E-state index is 0.0361. The first kappa shape index (κ1) is 22.2. The number of nitrogens with zero attached hydrogens (tertiary/aromatic N) is 2. The highest BCUT2D eigenvalue weighted by atomic mass is 16.7. The largest absolute Gasteiger partial charge is 0.356 e. The van der Waals surface area contributed by atoms with Crippen LogP contribution in [0.4, 0.5) is 0 Å². The highest BCUT2D eigenvalue weighted by Gasteiger charge is 2.10. The van der Waals surface area contributed by atoms with Gasteiger partial charge in [0.2, 0.25) is 5.91 Å². The van der Waals surface area contributed by atoms with Crippen LogP contribution in [-0.4, -0.2) is 28.1 Å². The molecule has 1 aromatic rings. The Morgan fingerprint density at radius 1 is 1.08 bits per heavy atom. The van der Waals surface area contributed by atoms with Crippen molar-refractivity contribution in [1.29, 1.82) is 0 Å². The molecule has 0 radical (unpaired) electrons. The van der Waals surface area contributed by atoms with E-state index in [2.05, 4.69) is 17.2 Å². The van der Waals surface area contributed by atoms with E-state index >= 15 is 0 Å². The molecule has 0 aliphatic carbocycles. The number of carbonyl (C=O) groups is 2. The fourth-order valence-electron chi connectivity index (χ4n) is 3.09. The van der Waals surface area contributed by atoms with Gasteiger partial charge in [-0.1, -0.05) is 58.3 Å². The van der Waals surface area contributed by atoms with E-state index in [9.17, 15) is 9.59 Å². The number of unbranched alkanes of at least 4 members (excludes halogenated alkanes) is 5. The molecule has 6 nitrogen and oxygen atoms in total. The molecule has 6 heteroatoms. The summed E-state index contributed by atoms with van der Waals surface area (Å²) in [6, 6.07) is 0. The molecular formula is C20H35N3O3. The highest BCUT2D eigenvalue weighted by Crippen LogP contribution is 2.21. The van der Waals surface area contributed by atoms with Crippen LogP contribution >= 0.6 is 0 Å². The van der Waals surface area contributed by atoms with E-state index in [1.165, 1.54) is 49.6 Å². The molecule has 0 aliphatic rings. The summed E-state index contributed by atoms with van der Waals surface area (Å²) in [5.74, 6) is 0.430. The van der Waals surface area contributed by atoms with Crippen LogP contribution < -0.4 is 10.2 Å². The molecule has 1 heterocycles. The van der Waals surface area contributed by atoms with Crippen LogP contribution in [0.3, 0.4) is 0 Å². The van der Waals surface area contributed by atoms with Gasteiger partial charge in [-0.15, -0.1) is 0 Å². The van der Waals surface area contributed by atoms with Crippen molar-refractivity contribution < 1.29 is 14.4 Å². The van der Waals surface area contributed by atoms with Crippen LogP contribution in [0.1, 0.15) is 84.5 Å². The second-order valence-corrected chi connectivity index (χ2v) is 6.97. The summed E-state index contributed by atoms with van der Waals surface area (Å²) in [6.45, 7) is 4.54. The third-order valence-corrected chi connectivity index (χ3v) is 4.57. The van der Waals surface area contributed by atoms with Gasteiger partial charge in [-0.3, -0.25) is 4.79 Å². The van der Waals surface area contributed by atoms with E-state index in [1.807, 2.05) is 0 Å². The van der Waals surface area contributed by atoms with Crippen LogP contribution in [-0.2, 0) is 9.59 Å². The maximum atomic E-state index is 11.8. The van der Waals surface area contributed by atoms with E-state index in [4.69, 9.17) is 4.84 Å². The third-order valence-electron chi connectivity index (χ3n) is 4.57. The van der Waals surface area contributed by atoms with Crippen molar-refractivity contribution >= 4 is 11.9 Å². The Morgan fingerprint density at radius 3 is 2.46 bits per heavy atom. The predicted octanol–water partition coefficient (Wildman–Crippen LogP) is 3.90. The lowest BCUT2D eigenvalue weighted by Gasteiger charge is -2.17. The van der Waals surface area contributed by atoms with E-state index in [1.54, 1.807) is 19.3 Å². The Balaban J connectivity index is 2.20. The molecule has 1 N–H and O–H groups in total. The quantitative estimate of drug-likeness (QED) is 0.478. The molecule has 1 unspecified atom stereocenters. The SMILES string of the molecule is CCCCCCCC(CCCCC(=O)On1ccnc1)CCNC(C)=O. The first-order chi connectivity index (χ1) is 12.6. The van der Waals surface area contributed by atoms with Crippen molar-refractivity contribution in [3.05, 3.63) is 18.7 Å². The molecule has 0 spiro atoms. The monoisotopic (exact) mass is 365 g/mol. The predicted molar refractivity (Wildman–Crippen MR) is 102 cm³/mol. The van der Waals surface area contributed by atoms with Gasteiger partial charge in [0.15, 0.2) is 0 Å². The van der Waals surface area contributed by atoms with Gasteiger partial charge in [0.25, 0.3) is 0 Å². The van der Waals surface area contributed by atoms with Gasteiger partial charge >= 0.3 is 5.97 Å². The number of nitrogens with one attached hydrogen (secondary N) is 1. The van der Waals surface area contributed by atoms with E-state index in [0.29, 0.717) is 12.3 Å². The number of amides is 1. The molecule has 0 bridgehead atoms. The van der Waals surface area contributed by atoms with Crippen LogP contribution in [0.15, 0.2) is 18.7 Å². The minimum atomic E-state index is -0.225. The molecule has 0 aliphatic heterocycles. The fourth-order valence-corrected chi connectivity index (χ4v) is 3.09. The van der Waals surface area contributed by atoms with Gasteiger partial charge < -0.3 is 10.2 Å². The van der Waals surface area contributed by atoms with Crippen LogP contribution in [0, 0.1) is 5.92 Å². The third kappa shape index (κ3) is 11.7. The number of hydrogen-bond donors (Lipinski definition) is 1. The van der Waals surface area contributed by atoms with Gasteiger partial charge in [0.1, 0.15) is 6.33 Å². The van der Waals surface area contributed by atoms with Gasteiger partial charge in [0.05, 0.1) is 6.20 Å². The molecular weight excluding hydrogens is 330 g/mol. The molecule has 1 rings (SSSR count). The van der Waals surface area contributed by atoms with Gasteiger partial charge in [-0.25, -0.2) is 9.78 Å². The van der Waals surface area contributed by atoms with Crippen LogP contribution in [0.5, 0.6) is 0 Å². The zero-order valence-electron chi connectivity index (χ0n) is 16.4. The van der Waals surface area contributed by atoms with Crippen molar-refractivity contribution in [2.75, 3.05) is 6.54 Å². The lowest BCUT2D eigenvalue weighted by atomic mass is 9.91. The summed E-state index contributed by atoms with van der Waals surface area (Å²) in [4.78, 5) is 31.8. The standard InChI is InChI=1S/C20H35N3O3/c1-3-4-5-6-7-10-19(13-14-22-18(2)24)11-8-9-12-20(25)26-23-16-15-21-17-23/h15-17,19H,3-14H2,1-2H3,(H,22,24). The van der Waals surface area contributed by atoms with Gasteiger partial charge in [0, 0.05) is 26.1 Å². The Bertz CT molecular complexity index is 489. The van der Waals surface area contributed by atoms with Crippen molar-refractivity contribution in [3.63, 3.8) is 0 Å². The van der Waals surface area contributed by atoms with Crippen LogP contribution in [0.25, 0.3) is 0 Å².